The summed E-state index contributed by atoms with van der Waals surface area (Å²) in [6, 6.07) is 8.87. The zero-order valence-electron chi connectivity index (χ0n) is 13.3. The first-order valence-corrected chi connectivity index (χ1v) is 7.69. The molecule has 0 amide bonds. The fourth-order valence-corrected chi connectivity index (χ4v) is 3.62. The summed E-state index contributed by atoms with van der Waals surface area (Å²) in [6.45, 7) is 3.17. The van der Waals surface area contributed by atoms with Crippen molar-refractivity contribution in [2.24, 2.45) is 0 Å². The van der Waals surface area contributed by atoms with Crippen LogP contribution < -0.4 is 10.1 Å². The third-order valence-electron chi connectivity index (χ3n) is 4.73. The molecular weight excluding hydrogens is 248 g/mol. The Morgan fingerprint density at radius 1 is 1.30 bits per heavy atom. The summed E-state index contributed by atoms with van der Waals surface area (Å²) in [5.74, 6) is 0.942. The molecule has 3 heteroatoms. The lowest BCUT2D eigenvalue weighted by molar-refractivity contribution is 0.105. The van der Waals surface area contributed by atoms with Crippen LogP contribution in [0.4, 0.5) is 0 Å². The highest BCUT2D eigenvalue weighted by Crippen LogP contribution is 2.43. The molecule has 1 aromatic rings. The molecule has 0 aromatic heterocycles. The van der Waals surface area contributed by atoms with Crippen LogP contribution in [0.2, 0.25) is 0 Å². The summed E-state index contributed by atoms with van der Waals surface area (Å²) in [7, 11) is 6.17. The molecule has 1 aliphatic carbocycles. The first-order chi connectivity index (χ1) is 9.64. The van der Waals surface area contributed by atoms with E-state index in [1.807, 2.05) is 6.07 Å². The van der Waals surface area contributed by atoms with E-state index in [9.17, 15) is 0 Å². The number of rotatable bonds is 6. The highest BCUT2D eigenvalue weighted by atomic mass is 16.5. The predicted molar refractivity (Wildman–Crippen MR) is 84.3 cm³/mol. The minimum absolute atomic E-state index is 0.225. The second-order valence-corrected chi connectivity index (χ2v) is 5.97. The Bertz CT molecular complexity index is 425. The molecule has 20 heavy (non-hydrogen) atoms. The smallest absolute Gasteiger partial charge is 0.119 e. The van der Waals surface area contributed by atoms with Crippen LogP contribution in [0.3, 0.4) is 0 Å². The van der Waals surface area contributed by atoms with E-state index in [1.54, 1.807) is 7.11 Å². The second kappa shape index (κ2) is 6.59. The van der Waals surface area contributed by atoms with Crippen LogP contribution in [-0.2, 0) is 0 Å². The molecule has 1 aromatic carbocycles. The maximum Gasteiger partial charge on any atom is 0.119 e. The molecule has 0 radical (unpaired) electrons. The minimum Gasteiger partial charge on any atom is -0.497 e. The van der Waals surface area contributed by atoms with E-state index < -0.39 is 0 Å². The monoisotopic (exact) mass is 276 g/mol. The van der Waals surface area contributed by atoms with Crippen molar-refractivity contribution >= 4 is 0 Å². The Labute approximate surface area is 123 Å². The van der Waals surface area contributed by atoms with Crippen LogP contribution in [-0.4, -0.2) is 38.2 Å². The SMILES string of the molecule is CCNC(c1cccc(OC)c1)C1(N(C)C)CCCC1. The lowest BCUT2D eigenvalue weighted by Gasteiger charge is -2.44. The van der Waals surface area contributed by atoms with Gasteiger partial charge in [0.15, 0.2) is 0 Å². The van der Waals surface area contributed by atoms with Crippen LogP contribution in [0, 0.1) is 0 Å². The van der Waals surface area contributed by atoms with Crippen molar-refractivity contribution in [3.05, 3.63) is 29.8 Å². The lowest BCUT2D eigenvalue weighted by atomic mass is 9.82. The topological polar surface area (TPSA) is 24.5 Å². The summed E-state index contributed by atoms with van der Waals surface area (Å²) in [4.78, 5) is 2.42. The molecule has 0 aliphatic heterocycles. The molecule has 2 rings (SSSR count). The van der Waals surface area contributed by atoms with Gasteiger partial charge in [-0.05, 0) is 51.2 Å². The summed E-state index contributed by atoms with van der Waals surface area (Å²) in [6.07, 6.45) is 5.16. The molecule has 3 nitrogen and oxygen atoms in total. The van der Waals surface area contributed by atoms with Gasteiger partial charge in [0, 0.05) is 5.54 Å². The van der Waals surface area contributed by atoms with Crippen LogP contribution in [0.5, 0.6) is 5.75 Å². The van der Waals surface area contributed by atoms with Crippen LogP contribution >= 0.6 is 0 Å². The van der Waals surface area contributed by atoms with Crippen molar-refractivity contribution in [3.8, 4) is 5.75 Å². The van der Waals surface area contributed by atoms with Gasteiger partial charge in [-0.2, -0.15) is 0 Å². The zero-order valence-corrected chi connectivity index (χ0v) is 13.3. The number of likely N-dealkylation sites (N-methyl/N-ethyl adjacent to an activating group) is 2. The number of benzene rings is 1. The zero-order chi connectivity index (χ0) is 14.6. The van der Waals surface area contributed by atoms with E-state index in [-0.39, 0.29) is 5.54 Å². The van der Waals surface area contributed by atoms with Crippen LogP contribution in [0.15, 0.2) is 24.3 Å². The van der Waals surface area contributed by atoms with Crippen LogP contribution in [0.1, 0.15) is 44.2 Å². The number of hydrogen-bond donors (Lipinski definition) is 1. The standard InChI is InChI=1S/C17H28N2O/c1-5-18-16(14-9-8-10-15(13-14)20-4)17(19(2)3)11-6-7-12-17/h8-10,13,16,18H,5-7,11-12H2,1-4H3. The summed E-state index contributed by atoms with van der Waals surface area (Å²) in [5.41, 5.74) is 1.56. The molecule has 1 N–H and O–H groups in total. The van der Waals surface area contributed by atoms with Crippen LogP contribution in [0.25, 0.3) is 0 Å². The fraction of sp³-hybridized carbons (Fsp3) is 0.647. The first-order valence-electron chi connectivity index (χ1n) is 7.69. The van der Waals surface area contributed by atoms with E-state index in [0.717, 1.165) is 12.3 Å². The van der Waals surface area contributed by atoms with E-state index >= 15 is 0 Å². The largest absolute Gasteiger partial charge is 0.497 e. The Kier molecular flexibility index (Phi) is 5.06. The summed E-state index contributed by atoms with van der Waals surface area (Å²) >= 11 is 0. The number of hydrogen-bond acceptors (Lipinski definition) is 3. The first kappa shape index (κ1) is 15.3. The Morgan fingerprint density at radius 3 is 2.55 bits per heavy atom. The van der Waals surface area contributed by atoms with Gasteiger partial charge in [-0.15, -0.1) is 0 Å². The van der Waals surface area contributed by atoms with Gasteiger partial charge >= 0.3 is 0 Å². The Morgan fingerprint density at radius 2 is 2.00 bits per heavy atom. The van der Waals surface area contributed by atoms with Gasteiger partial charge < -0.3 is 15.0 Å². The molecule has 1 unspecified atom stereocenters. The quantitative estimate of drug-likeness (QED) is 0.863. The lowest BCUT2D eigenvalue weighted by Crippen LogP contribution is -2.52. The molecule has 1 aliphatic rings. The van der Waals surface area contributed by atoms with Crippen molar-refractivity contribution in [2.45, 2.75) is 44.2 Å². The number of nitrogens with one attached hydrogen (secondary N) is 1. The molecule has 0 spiro atoms. The Balaban J connectivity index is 2.38. The van der Waals surface area contributed by atoms with E-state index in [0.29, 0.717) is 6.04 Å². The number of nitrogens with zero attached hydrogens (tertiary/aromatic N) is 1. The van der Waals surface area contributed by atoms with Gasteiger partial charge in [0.2, 0.25) is 0 Å². The normalized spacial score (nSPS) is 19.2. The molecule has 112 valence electrons. The fourth-order valence-electron chi connectivity index (χ4n) is 3.62. The van der Waals surface area contributed by atoms with E-state index in [1.165, 1.54) is 31.2 Å². The third-order valence-corrected chi connectivity index (χ3v) is 4.73. The van der Waals surface area contributed by atoms with Gasteiger partial charge in [-0.3, -0.25) is 0 Å². The van der Waals surface area contributed by atoms with Crippen molar-refractivity contribution in [1.82, 2.24) is 10.2 Å². The molecule has 0 saturated heterocycles. The Hall–Kier alpha value is -1.06. The highest BCUT2D eigenvalue weighted by molar-refractivity contribution is 5.33. The maximum atomic E-state index is 5.40. The number of ether oxygens (including phenoxy) is 1. The van der Waals surface area contributed by atoms with Gasteiger partial charge in [0.25, 0.3) is 0 Å². The molecular formula is C17H28N2O. The minimum atomic E-state index is 0.225. The van der Waals surface area contributed by atoms with Crippen molar-refractivity contribution < 1.29 is 4.74 Å². The molecule has 0 heterocycles. The molecule has 1 fully saturated rings. The van der Waals surface area contributed by atoms with E-state index in [2.05, 4.69) is 49.4 Å². The molecule has 1 saturated carbocycles. The highest BCUT2D eigenvalue weighted by Gasteiger charge is 2.43. The van der Waals surface area contributed by atoms with Crippen molar-refractivity contribution in [2.75, 3.05) is 27.7 Å². The number of methoxy groups -OCH3 is 1. The second-order valence-electron chi connectivity index (χ2n) is 5.97. The van der Waals surface area contributed by atoms with Gasteiger partial charge in [-0.1, -0.05) is 31.9 Å². The predicted octanol–water partition coefficient (Wildman–Crippen LogP) is 3.22. The van der Waals surface area contributed by atoms with Gasteiger partial charge in [-0.25, -0.2) is 0 Å². The molecule has 1 atom stereocenters. The van der Waals surface area contributed by atoms with Gasteiger partial charge in [0.05, 0.1) is 13.2 Å². The third kappa shape index (κ3) is 2.84. The van der Waals surface area contributed by atoms with Crippen molar-refractivity contribution in [3.63, 3.8) is 0 Å². The average molecular weight is 276 g/mol. The average Bonchev–Trinajstić information content (AvgIpc) is 2.95. The summed E-state index contributed by atoms with van der Waals surface area (Å²) < 4.78 is 5.40. The van der Waals surface area contributed by atoms with Gasteiger partial charge in [0.1, 0.15) is 5.75 Å². The summed E-state index contributed by atoms with van der Waals surface area (Å²) in [5, 5.41) is 3.72. The van der Waals surface area contributed by atoms with E-state index in [4.69, 9.17) is 4.74 Å². The maximum absolute atomic E-state index is 5.40. The molecule has 0 bridgehead atoms. The van der Waals surface area contributed by atoms with Crippen molar-refractivity contribution in [1.29, 1.82) is 0 Å².